The summed E-state index contributed by atoms with van der Waals surface area (Å²) in [6.45, 7) is 0.861. The quantitative estimate of drug-likeness (QED) is 0.612. The van der Waals surface area contributed by atoms with Gasteiger partial charge in [-0.05, 0) is 49.2 Å². The van der Waals surface area contributed by atoms with E-state index in [0.29, 0.717) is 12.2 Å². The van der Waals surface area contributed by atoms with Crippen LogP contribution in [0.1, 0.15) is 28.8 Å². The fourth-order valence-electron chi connectivity index (χ4n) is 3.48. The summed E-state index contributed by atoms with van der Waals surface area (Å²) in [5.41, 5.74) is 0.943. The van der Waals surface area contributed by atoms with Gasteiger partial charge in [0.2, 0.25) is 0 Å². The van der Waals surface area contributed by atoms with Gasteiger partial charge in [-0.15, -0.1) is 13.2 Å². The second kappa shape index (κ2) is 10.3. The third kappa shape index (κ3) is 6.52. The topological polar surface area (TPSA) is 91.7 Å². The van der Waals surface area contributed by atoms with Gasteiger partial charge in [-0.1, -0.05) is 11.6 Å². The molecule has 1 aliphatic rings. The summed E-state index contributed by atoms with van der Waals surface area (Å²) in [6, 6.07) is 10.3. The molecule has 1 amide bonds. The van der Waals surface area contributed by atoms with E-state index in [0.717, 1.165) is 12.8 Å². The van der Waals surface area contributed by atoms with Crippen LogP contribution in [0.4, 0.5) is 18.9 Å². The molecule has 2 aromatic carbocycles. The van der Waals surface area contributed by atoms with Gasteiger partial charge >= 0.3 is 6.36 Å². The number of alkyl halides is 3. The molecule has 0 bridgehead atoms. The Kier molecular flexibility index (Phi) is 7.71. The second-order valence-electron chi connectivity index (χ2n) is 7.17. The van der Waals surface area contributed by atoms with Crippen LogP contribution in [0, 0.1) is 11.3 Å². The van der Waals surface area contributed by atoms with E-state index >= 15 is 0 Å². The van der Waals surface area contributed by atoms with Crippen LogP contribution in [0.2, 0.25) is 5.02 Å². The van der Waals surface area contributed by atoms with Crippen molar-refractivity contribution in [2.24, 2.45) is 0 Å². The predicted molar refractivity (Wildman–Crippen MR) is 117 cm³/mol. The van der Waals surface area contributed by atoms with Crippen molar-refractivity contribution in [3.05, 3.63) is 52.5 Å². The fourth-order valence-corrected chi connectivity index (χ4v) is 4.08. The maximum atomic E-state index is 12.5. The molecule has 1 heterocycles. The van der Waals surface area contributed by atoms with Crippen LogP contribution in [-0.2, 0) is 11.0 Å². The minimum Gasteiger partial charge on any atom is -0.490 e. The Bertz CT molecular complexity index is 1110. The number of ether oxygens (including phenoxy) is 2. The number of hydrogen-bond acceptors (Lipinski definition) is 6. The smallest absolute Gasteiger partial charge is 0.490 e. The van der Waals surface area contributed by atoms with Crippen molar-refractivity contribution in [2.75, 3.05) is 24.3 Å². The number of anilines is 1. The van der Waals surface area contributed by atoms with Gasteiger partial charge in [-0.3, -0.25) is 9.52 Å². The zero-order valence-corrected chi connectivity index (χ0v) is 18.9. The molecule has 1 saturated heterocycles. The van der Waals surface area contributed by atoms with Crippen molar-refractivity contribution in [2.45, 2.75) is 25.2 Å². The number of benzene rings is 2. The van der Waals surface area contributed by atoms with E-state index in [1.807, 2.05) is 11.0 Å². The second-order valence-corrected chi connectivity index (χ2v) is 8.69. The summed E-state index contributed by atoms with van der Waals surface area (Å²) in [4.78, 5) is 14.0. The number of rotatable bonds is 7. The van der Waals surface area contributed by atoms with E-state index in [1.165, 1.54) is 42.7 Å². The van der Waals surface area contributed by atoms with E-state index in [1.54, 1.807) is 0 Å². The maximum Gasteiger partial charge on any atom is 0.573 e. The number of nitriles is 1. The Labute approximate surface area is 195 Å². The summed E-state index contributed by atoms with van der Waals surface area (Å²) in [5.74, 6) is -0.768. The van der Waals surface area contributed by atoms with Gasteiger partial charge in [-0.25, -0.2) is 4.21 Å². The molecule has 12 heteroatoms. The summed E-state index contributed by atoms with van der Waals surface area (Å²) in [5, 5.41) is 9.26. The standard InChI is InChI=1S/C21H19ClF3N3O4S/c1-33(30)27-20(29)13-4-6-18(14(9-13)11-26)31-12-16-3-2-8-28(16)15-5-7-19(17(22)10-15)32-21(23,24)25/h4-7,9-10,16H,2-3,8,12H2,1H3,(H,27,29). The Morgan fingerprint density at radius 3 is 2.67 bits per heavy atom. The van der Waals surface area contributed by atoms with Crippen LogP contribution >= 0.6 is 11.6 Å². The first kappa shape index (κ1) is 24.7. The molecule has 0 aromatic heterocycles. The number of carbonyl (C=O) groups is 1. The molecule has 1 aliphatic heterocycles. The summed E-state index contributed by atoms with van der Waals surface area (Å²) in [6.07, 6.45) is -1.91. The van der Waals surface area contributed by atoms with Gasteiger partial charge in [0.1, 0.15) is 35.2 Å². The number of hydrogen-bond donors (Lipinski definition) is 1. The molecule has 1 fully saturated rings. The first-order chi connectivity index (χ1) is 15.6. The van der Waals surface area contributed by atoms with E-state index in [4.69, 9.17) is 16.3 Å². The molecule has 2 aromatic rings. The average molecular weight is 502 g/mol. The molecule has 33 heavy (non-hydrogen) atoms. The van der Waals surface area contributed by atoms with Crippen molar-refractivity contribution >= 4 is 34.2 Å². The predicted octanol–water partition coefficient (Wildman–Crippen LogP) is 4.18. The zero-order chi connectivity index (χ0) is 24.2. The minimum absolute atomic E-state index is 0.104. The lowest BCUT2D eigenvalue weighted by atomic mass is 10.1. The van der Waals surface area contributed by atoms with Crippen LogP contribution in [0.3, 0.4) is 0 Å². The zero-order valence-electron chi connectivity index (χ0n) is 17.3. The monoisotopic (exact) mass is 501 g/mol. The van der Waals surface area contributed by atoms with Gasteiger partial charge in [0.05, 0.1) is 16.6 Å². The van der Waals surface area contributed by atoms with E-state index in [-0.39, 0.29) is 34.5 Å². The number of nitrogens with zero attached hydrogens (tertiary/aromatic N) is 2. The van der Waals surface area contributed by atoms with Gasteiger partial charge in [0.25, 0.3) is 5.91 Å². The van der Waals surface area contributed by atoms with Crippen LogP contribution in [-0.4, -0.2) is 41.9 Å². The first-order valence-electron chi connectivity index (χ1n) is 9.70. The molecule has 176 valence electrons. The lowest BCUT2D eigenvalue weighted by Crippen LogP contribution is -2.34. The number of halogens is 4. The van der Waals surface area contributed by atoms with Gasteiger partial charge in [0, 0.05) is 24.1 Å². The molecule has 7 nitrogen and oxygen atoms in total. The van der Waals surface area contributed by atoms with Crippen molar-refractivity contribution in [3.63, 3.8) is 0 Å². The highest BCUT2D eigenvalue weighted by Gasteiger charge is 2.32. The molecular weight excluding hydrogens is 483 g/mol. The molecule has 1 N–H and O–H groups in total. The summed E-state index contributed by atoms with van der Waals surface area (Å²) < 4.78 is 60.6. The molecule has 2 unspecified atom stereocenters. The van der Waals surface area contributed by atoms with E-state index in [9.17, 15) is 27.4 Å². The number of nitrogens with one attached hydrogen (secondary N) is 1. The van der Waals surface area contributed by atoms with Crippen molar-refractivity contribution in [1.29, 1.82) is 5.26 Å². The van der Waals surface area contributed by atoms with Crippen molar-refractivity contribution in [3.8, 4) is 17.6 Å². The average Bonchev–Trinajstić information content (AvgIpc) is 3.20. The molecule has 0 spiro atoms. The Hall–Kier alpha value is -2.97. The third-order valence-electron chi connectivity index (χ3n) is 4.88. The lowest BCUT2D eigenvalue weighted by molar-refractivity contribution is -0.274. The Balaban J connectivity index is 1.70. The summed E-state index contributed by atoms with van der Waals surface area (Å²) >= 11 is 5.98. The fraction of sp³-hybridized carbons (Fsp3) is 0.333. The van der Waals surface area contributed by atoms with Gasteiger partial charge in [0.15, 0.2) is 0 Å². The van der Waals surface area contributed by atoms with E-state index < -0.39 is 29.0 Å². The SMILES string of the molecule is CS(=O)NC(=O)c1ccc(OCC2CCCN2c2ccc(OC(F)(F)F)c(Cl)c2)c(C#N)c1. The Morgan fingerprint density at radius 1 is 1.30 bits per heavy atom. The molecule has 0 radical (unpaired) electrons. The van der Waals surface area contributed by atoms with E-state index in [2.05, 4.69) is 9.46 Å². The van der Waals surface area contributed by atoms with Gasteiger partial charge in [-0.2, -0.15) is 5.26 Å². The molecule has 0 aliphatic carbocycles. The van der Waals surface area contributed by atoms with Crippen LogP contribution < -0.4 is 19.1 Å². The summed E-state index contributed by atoms with van der Waals surface area (Å²) in [7, 11) is -1.54. The Morgan fingerprint density at radius 2 is 2.03 bits per heavy atom. The number of carbonyl (C=O) groups excluding carboxylic acids is 1. The number of amides is 1. The van der Waals surface area contributed by atoms with Gasteiger partial charge < -0.3 is 14.4 Å². The van der Waals surface area contributed by atoms with Crippen LogP contribution in [0.25, 0.3) is 0 Å². The van der Waals surface area contributed by atoms with Crippen molar-refractivity contribution in [1.82, 2.24) is 4.72 Å². The maximum absolute atomic E-state index is 12.5. The first-order valence-corrected chi connectivity index (χ1v) is 11.6. The molecule has 3 rings (SSSR count). The lowest BCUT2D eigenvalue weighted by Gasteiger charge is -2.27. The minimum atomic E-state index is -4.84. The molecule has 2 atom stereocenters. The highest BCUT2D eigenvalue weighted by Crippen LogP contribution is 2.35. The van der Waals surface area contributed by atoms with Crippen LogP contribution in [0.5, 0.6) is 11.5 Å². The molecular formula is C21H19ClF3N3O4S. The molecule has 0 saturated carbocycles. The van der Waals surface area contributed by atoms with Crippen molar-refractivity contribution < 1.29 is 31.6 Å². The van der Waals surface area contributed by atoms with Crippen LogP contribution in [0.15, 0.2) is 36.4 Å². The normalized spacial score (nSPS) is 16.7. The highest BCUT2D eigenvalue weighted by molar-refractivity contribution is 7.82. The largest absolute Gasteiger partial charge is 0.573 e. The third-order valence-corrected chi connectivity index (χ3v) is 5.65. The highest BCUT2D eigenvalue weighted by atomic mass is 35.5.